The number of nitrogens with zero attached hydrogens (tertiary/aromatic N) is 2. The fourth-order valence-electron chi connectivity index (χ4n) is 2.36. The summed E-state index contributed by atoms with van der Waals surface area (Å²) >= 11 is 0. The predicted octanol–water partition coefficient (Wildman–Crippen LogP) is 1.74. The van der Waals surface area contributed by atoms with Crippen molar-refractivity contribution in [2.45, 2.75) is 52.1 Å². The minimum absolute atomic E-state index is 0.261. The second-order valence-electron chi connectivity index (χ2n) is 4.75. The van der Waals surface area contributed by atoms with Gasteiger partial charge in [-0.1, -0.05) is 6.92 Å². The molecule has 1 aromatic rings. The van der Waals surface area contributed by atoms with Crippen LogP contribution in [0.1, 0.15) is 43.3 Å². The fraction of sp³-hybridized carbons (Fsp3) is 0.692. The van der Waals surface area contributed by atoms with Crippen LogP contribution in [0, 0.1) is 6.92 Å². The molecule has 0 saturated carbocycles. The highest BCUT2D eigenvalue weighted by molar-refractivity contribution is 5.44. The van der Waals surface area contributed by atoms with Crippen LogP contribution in [0.2, 0.25) is 0 Å². The second-order valence-corrected chi connectivity index (χ2v) is 4.75. The van der Waals surface area contributed by atoms with E-state index in [1.165, 1.54) is 12.8 Å². The SMILES string of the molecule is CCc1nc(CC2CCCCO2)nc(NN)c1C. The molecular weight excluding hydrogens is 228 g/mol. The van der Waals surface area contributed by atoms with Gasteiger partial charge in [0.15, 0.2) is 0 Å². The maximum atomic E-state index is 5.73. The summed E-state index contributed by atoms with van der Waals surface area (Å²) in [6.45, 7) is 4.95. The highest BCUT2D eigenvalue weighted by Crippen LogP contribution is 2.19. The van der Waals surface area contributed by atoms with Gasteiger partial charge in [0, 0.05) is 24.3 Å². The molecule has 0 aromatic carbocycles. The van der Waals surface area contributed by atoms with E-state index in [2.05, 4.69) is 22.3 Å². The van der Waals surface area contributed by atoms with E-state index in [4.69, 9.17) is 10.6 Å². The van der Waals surface area contributed by atoms with E-state index in [1.807, 2.05) is 6.92 Å². The van der Waals surface area contributed by atoms with E-state index in [0.717, 1.165) is 48.8 Å². The van der Waals surface area contributed by atoms with Gasteiger partial charge in [-0.2, -0.15) is 0 Å². The van der Waals surface area contributed by atoms with Gasteiger partial charge in [-0.3, -0.25) is 0 Å². The van der Waals surface area contributed by atoms with Gasteiger partial charge in [-0.15, -0.1) is 0 Å². The summed E-state index contributed by atoms with van der Waals surface area (Å²) in [6, 6.07) is 0. The average Bonchev–Trinajstić information content (AvgIpc) is 2.41. The van der Waals surface area contributed by atoms with Gasteiger partial charge in [0.2, 0.25) is 0 Å². The molecule has 0 spiro atoms. The zero-order chi connectivity index (χ0) is 13.0. The molecule has 100 valence electrons. The lowest BCUT2D eigenvalue weighted by molar-refractivity contribution is 0.0156. The molecule has 2 rings (SSSR count). The molecule has 3 N–H and O–H groups in total. The Morgan fingerprint density at radius 2 is 2.22 bits per heavy atom. The predicted molar refractivity (Wildman–Crippen MR) is 71.3 cm³/mol. The normalized spacial score (nSPS) is 19.8. The van der Waals surface area contributed by atoms with Crippen molar-refractivity contribution < 1.29 is 4.74 Å². The largest absolute Gasteiger partial charge is 0.378 e. The number of hydrogen-bond acceptors (Lipinski definition) is 5. The van der Waals surface area contributed by atoms with E-state index < -0.39 is 0 Å². The first kappa shape index (κ1) is 13.2. The van der Waals surface area contributed by atoms with Crippen LogP contribution < -0.4 is 11.3 Å². The van der Waals surface area contributed by atoms with E-state index in [-0.39, 0.29) is 6.10 Å². The van der Waals surface area contributed by atoms with Crippen molar-refractivity contribution in [3.05, 3.63) is 17.1 Å². The first-order chi connectivity index (χ1) is 8.74. The number of ether oxygens (including phenoxy) is 1. The highest BCUT2D eigenvalue weighted by atomic mass is 16.5. The summed E-state index contributed by atoms with van der Waals surface area (Å²) in [5.41, 5.74) is 4.75. The van der Waals surface area contributed by atoms with E-state index in [1.54, 1.807) is 0 Å². The van der Waals surface area contributed by atoms with E-state index in [0.29, 0.717) is 0 Å². The van der Waals surface area contributed by atoms with Gasteiger partial charge in [0.05, 0.1) is 6.10 Å². The maximum absolute atomic E-state index is 5.73. The standard InChI is InChI=1S/C13H22N4O/c1-3-11-9(2)13(17-14)16-12(15-11)8-10-6-4-5-7-18-10/h10H,3-8,14H2,1-2H3,(H,15,16,17). The third-order valence-electron chi connectivity index (χ3n) is 3.45. The number of nitrogens with two attached hydrogens (primary N) is 1. The van der Waals surface area contributed by atoms with Gasteiger partial charge in [-0.05, 0) is 32.6 Å². The van der Waals surface area contributed by atoms with Crippen LogP contribution >= 0.6 is 0 Å². The Labute approximate surface area is 108 Å². The topological polar surface area (TPSA) is 73.1 Å². The van der Waals surface area contributed by atoms with Gasteiger partial charge in [-0.25, -0.2) is 15.8 Å². The number of aromatic nitrogens is 2. The lowest BCUT2D eigenvalue weighted by atomic mass is 10.1. The van der Waals surface area contributed by atoms with Gasteiger partial charge in [0.25, 0.3) is 0 Å². The summed E-state index contributed by atoms with van der Waals surface area (Å²) in [5.74, 6) is 7.06. The molecular formula is C13H22N4O. The Kier molecular flexibility index (Phi) is 4.49. The highest BCUT2D eigenvalue weighted by Gasteiger charge is 2.17. The lowest BCUT2D eigenvalue weighted by Gasteiger charge is -2.22. The molecule has 1 aliphatic heterocycles. The van der Waals surface area contributed by atoms with Gasteiger partial charge in [0.1, 0.15) is 11.6 Å². The van der Waals surface area contributed by atoms with Crippen molar-refractivity contribution in [1.82, 2.24) is 9.97 Å². The van der Waals surface area contributed by atoms with E-state index >= 15 is 0 Å². The summed E-state index contributed by atoms with van der Waals surface area (Å²) in [5, 5.41) is 0. The second kappa shape index (κ2) is 6.11. The first-order valence-electron chi connectivity index (χ1n) is 6.69. The molecule has 5 heteroatoms. The summed E-state index contributed by atoms with van der Waals surface area (Å²) in [6.07, 6.45) is 5.44. The number of rotatable bonds is 4. The smallest absolute Gasteiger partial charge is 0.146 e. The van der Waals surface area contributed by atoms with Crippen molar-refractivity contribution in [3.8, 4) is 0 Å². The number of nitrogen functional groups attached to an aromatic ring is 1. The molecule has 18 heavy (non-hydrogen) atoms. The summed E-state index contributed by atoms with van der Waals surface area (Å²) < 4.78 is 5.73. The molecule has 0 aliphatic carbocycles. The molecule has 5 nitrogen and oxygen atoms in total. The molecule has 1 unspecified atom stereocenters. The monoisotopic (exact) mass is 250 g/mol. The Balaban J connectivity index is 2.16. The zero-order valence-corrected chi connectivity index (χ0v) is 11.2. The third-order valence-corrected chi connectivity index (χ3v) is 3.45. The Morgan fingerprint density at radius 3 is 2.83 bits per heavy atom. The van der Waals surface area contributed by atoms with Crippen LogP contribution in [0.3, 0.4) is 0 Å². The minimum atomic E-state index is 0.261. The van der Waals surface area contributed by atoms with Crippen LogP contribution in [0.5, 0.6) is 0 Å². The Morgan fingerprint density at radius 1 is 1.39 bits per heavy atom. The molecule has 1 fully saturated rings. The average molecular weight is 250 g/mol. The Hall–Kier alpha value is -1.20. The van der Waals surface area contributed by atoms with Crippen LogP contribution in [-0.2, 0) is 17.6 Å². The molecule has 1 aromatic heterocycles. The number of hydrazine groups is 1. The van der Waals surface area contributed by atoms with Crippen LogP contribution in [0.4, 0.5) is 5.82 Å². The van der Waals surface area contributed by atoms with Gasteiger partial charge >= 0.3 is 0 Å². The number of nitrogens with one attached hydrogen (secondary N) is 1. The van der Waals surface area contributed by atoms with Crippen molar-refractivity contribution in [2.75, 3.05) is 12.0 Å². The number of anilines is 1. The van der Waals surface area contributed by atoms with Crippen LogP contribution in [-0.4, -0.2) is 22.7 Å². The molecule has 1 aliphatic rings. The minimum Gasteiger partial charge on any atom is -0.378 e. The van der Waals surface area contributed by atoms with Crippen molar-refractivity contribution in [3.63, 3.8) is 0 Å². The lowest BCUT2D eigenvalue weighted by Crippen LogP contribution is -2.23. The molecule has 1 saturated heterocycles. The van der Waals surface area contributed by atoms with Crippen molar-refractivity contribution in [1.29, 1.82) is 0 Å². The molecule has 1 atom stereocenters. The molecule has 0 amide bonds. The van der Waals surface area contributed by atoms with E-state index in [9.17, 15) is 0 Å². The van der Waals surface area contributed by atoms with Gasteiger partial charge < -0.3 is 10.2 Å². The van der Waals surface area contributed by atoms with Crippen LogP contribution in [0.15, 0.2) is 0 Å². The molecule has 0 bridgehead atoms. The summed E-state index contributed by atoms with van der Waals surface area (Å²) in [4.78, 5) is 9.07. The maximum Gasteiger partial charge on any atom is 0.146 e. The quantitative estimate of drug-likeness (QED) is 0.629. The first-order valence-corrected chi connectivity index (χ1v) is 6.69. The van der Waals surface area contributed by atoms with Crippen molar-refractivity contribution >= 4 is 5.82 Å². The number of aryl methyl sites for hydroxylation is 1. The van der Waals surface area contributed by atoms with Crippen molar-refractivity contribution in [2.24, 2.45) is 5.84 Å². The van der Waals surface area contributed by atoms with Crippen LogP contribution in [0.25, 0.3) is 0 Å². The molecule has 2 heterocycles. The fourth-order valence-corrected chi connectivity index (χ4v) is 2.36. The Bertz CT molecular complexity index is 377. The number of hydrogen-bond donors (Lipinski definition) is 2. The zero-order valence-electron chi connectivity index (χ0n) is 11.2. The summed E-state index contributed by atoms with van der Waals surface area (Å²) in [7, 11) is 0. The molecule has 0 radical (unpaired) electrons. The third kappa shape index (κ3) is 2.97.